The van der Waals surface area contributed by atoms with Crippen molar-refractivity contribution in [1.29, 1.82) is 0 Å². The topological polar surface area (TPSA) is 99.9 Å². The van der Waals surface area contributed by atoms with Gasteiger partial charge >= 0.3 is 0 Å². The first-order chi connectivity index (χ1) is 13.7. The first-order valence-corrected chi connectivity index (χ1v) is 9.07. The maximum atomic E-state index is 12.5. The van der Waals surface area contributed by atoms with Gasteiger partial charge in [0.25, 0.3) is 5.56 Å². The standard InChI is InChI=1S/C20H18N6O2/c27-11-13-8-25(9-13)20-21-6-14(7-22-20)16-10-26(15-4-2-1-3-5-15)18-17(16)19(28)24-12-23-18/h1-7,10,12-13,27H,8-9,11H2,(H,23,24,28). The molecule has 0 bridgehead atoms. The van der Waals surface area contributed by atoms with Crippen molar-refractivity contribution in [1.82, 2.24) is 24.5 Å². The van der Waals surface area contributed by atoms with Crippen molar-refractivity contribution < 1.29 is 5.11 Å². The molecule has 1 aliphatic rings. The number of nitrogens with zero attached hydrogens (tertiary/aromatic N) is 5. The molecule has 0 unspecified atom stereocenters. The highest BCUT2D eigenvalue weighted by Gasteiger charge is 2.28. The minimum atomic E-state index is -0.202. The lowest BCUT2D eigenvalue weighted by atomic mass is 10.0. The van der Waals surface area contributed by atoms with E-state index in [4.69, 9.17) is 5.11 Å². The van der Waals surface area contributed by atoms with Gasteiger partial charge in [-0.05, 0) is 12.1 Å². The molecule has 1 saturated heterocycles. The van der Waals surface area contributed by atoms with Crippen LogP contribution in [0.5, 0.6) is 0 Å². The molecule has 28 heavy (non-hydrogen) atoms. The first kappa shape index (κ1) is 16.6. The molecule has 5 rings (SSSR count). The number of aromatic nitrogens is 5. The maximum Gasteiger partial charge on any atom is 0.260 e. The van der Waals surface area contributed by atoms with Gasteiger partial charge in [0, 0.05) is 61.0 Å². The van der Waals surface area contributed by atoms with Crippen LogP contribution in [0.15, 0.2) is 60.0 Å². The second kappa shape index (κ2) is 6.58. The summed E-state index contributed by atoms with van der Waals surface area (Å²) in [5, 5.41) is 9.66. The highest BCUT2D eigenvalue weighted by atomic mass is 16.3. The molecule has 1 aliphatic heterocycles. The van der Waals surface area contributed by atoms with E-state index in [-0.39, 0.29) is 18.1 Å². The van der Waals surface area contributed by atoms with Crippen LogP contribution in [0.1, 0.15) is 0 Å². The molecule has 4 heterocycles. The molecule has 2 N–H and O–H groups in total. The lowest BCUT2D eigenvalue weighted by molar-refractivity contribution is 0.199. The van der Waals surface area contributed by atoms with Gasteiger partial charge in [-0.1, -0.05) is 18.2 Å². The fourth-order valence-electron chi connectivity index (χ4n) is 3.55. The zero-order valence-electron chi connectivity index (χ0n) is 15.0. The summed E-state index contributed by atoms with van der Waals surface area (Å²) in [5.74, 6) is 0.920. The average molecular weight is 374 g/mol. The van der Waals surface area contributed by atoms with Crippen LogP contribution in [0.25, 0.3) is 27.8 Å². The minimum absolute atomic E-state index is 0.184. The molecule has 1 aromatic carbocycles. The van der Waals surface area contributed by atoms with Crippen molar-refractivity contribution in [2.24, 2.45) is 5.92 Å². The molecule has 0 saturated carbocycles. The van der Waals surface area contributed by atoms with Crippen molar-refractivity contribution in [3.63, 3.8) is 0 Å². The third-order valence-corrected chi connectivity index (χ3v) is 5.07. The van der Waals surface area contributed by atoms with Gasteiger partial charge in [0.1, 0.15) is 0 Å². The Labute approximate surface area is 160 Å². The number of hydrogen-bond donors (Lipinski definition) is 2. The smallest absolute Gasteiger partial charge is 0.260 e. The third-order valence-electron chi connectivity index (χ3n) is 5.07. The Bertz CT molecular complexity index is 1180. The van der Waals surface area contributed by atoms with Gasteiger partial charge < -0.3 is 19.6 Å². The van der Waals surface area contributed by atoms with Gasteiger partial charge in [0.15, 0.2) is 5.65 Å². The van der Waals surface area contributed by atoms with E-state index in [9.17, 15) is 4.79 Å². The lowest BCUT2D eigenvalue weighted by Gasteiger charge is -2.38. The first-order valence-electron chi connectivity index (χ1n) is 9.07. The number of aliphatic hydroxyl groups is 1. The lowest BCUT2D eigenvalue weighted by Crippen LogP contribution is -2.49. The average Bonchev–Trinajstić information content (AvgIpc) is 3.09. The minimum Gasteiger partial charge on any atom is -0.396 e. The van der Waals surface area contributed by atoms with E-state index in [1.54, 1.807) is 12.4 Å². The van der Waals surface area contributed by atoms with Gasteiger partial charge in [-0.25, -0.2) is 15.0 Å². The summed E-state index contributed by atoms with van der Waals surface area (Å²) in [6, 6.07) is 9.76. The summed E-state index contributed by atoms with van der Waals surface area (Å²) < 4.78 is 1.90. The number of nitrogens with one attached hydrogen (secondary N) is 1. The van der Waals surface area contributed by atoms with E-state index < -0.39 is 0 Å². The van der Waals surface area contributed by atoms with Crippen LogP contribution in [-0.2, 0) is 0 Å². The van der Waals surface area contributed by atoms with Crippen molar-refractivity contribution in [3.05, 3.63) is 65.6 Å². The van der Waals surface area contributed by atoms with Crippen LogP contribution in [0, 0.1) is 5.92 Å². The third kappa shape index (κ3) is 2.66. The Morgan fingerprint density at radius 2 is 1.86 bits per heavy atom. The molecule has 0 atom stereocenters. The summed E-state index contributed by atoms with van der Waals surface area (Å²) in [7, 11) is 0. The predicted octanol–water partition coefficient (Wildman–Crippen LogP) is 1.60. The fourth-order valence-corrected chi connectivity index (χ4v) is 3.55. The number of anilines is 1. The molecular formula is C20H18N6O2. The Balaban J connectivity index is 1.59. The quantitative estimate of drug-likeness (QED) is 0.563. The zero-order valence-corrected chi connectivity index (χ0v) is 15.0. The molecule has 8 nitrogen and oxygen atoms in total. The summed E-state index contributed by atoms with van der Waals surface area (Å²) in [4.78, 5) is 30.5. The number of fused-ring (bicyclic) bond motifs is 1. The van der Waals surface area contributed by atoms with Crippen LogP contribution in [0.3, 0.4) is 0 Å². The molecule has 8 heteroatoms. The second-order valence-electron chi connectivity index (χ2n) is 6.90. The van der Waals surface area contributed by atoms with E-state index in [1.807, 2.05) is 46.0 Å². The van der Waals surface area contributed by atoms with E-state index in [2.05, 4.69) is 19.9 Å². The SMILES string of the molecule is O=c1[nH]cnc2c1c(-c1cnc(N3CC(CO)C3)nc1)cn2-c1ccccc1. The molecule has 4 aromatic rings. The highest BCUT2D eigenvalue weighted by Crippen LogP contribution is 2.29. The Morgan fingerprint density at radius 1 is 1.11 bits per heavy atom. The molecule has 0 amide bonds. The van der Waals surface area contributed by atoms with E-state index in [0.717, 1.165) is 29.9 Å². The van der Waals surface area contributed by atoms with Crippen LogP contribution < -0.4 is 10.5 Å². The number of aromatic amines is 1. The normalized spacial score (nSPS) is 14.4. The largest absolute Gasteiger partial charge is 0.396 e. The molecule has 3 aromatic heterocycles. The Hall–Kier alpha value is -3.52. The van der Waals surface area contributed by atoms with Crippen LogP contribution in [0.4, 0.5) is 5.95 Å². The van der Waals surface area contributed by atoms with Crippen LogP contribution in [-0.4, -0.2) is 49.3 Å². The molecule has 140 valence electrons. The zero-order chi connectivity index (χ0) is 19.1. The summed E-state index contributed by atoms with van der Waals surface area (Å²) >= 11 is 0. The number of hydrogen-bond acceptors (Lipinski definition) is 6. The van der Waals surface area contributed by atoms with Gasteiger partial charge in [0.05, 0.1) is 11.7 Å². The van der Waals surface area contributed by atoms with Gasteiger partial charge in [0.2, 0.25) is 5.95 Å². The number of H-pyrrole nitrogens is 1. The van der Waals surface area contributed by atoms with Crippen molar-refractivity contribution in [2.45, 2.75) is 0 Å². The van der Waals surface area contributed by atoms with Crippen molar-refractivity contribution >= 4 is 17.0 Å². The van der Waals surface area contributed by atoms with E-state index in [0.29, 0.717) is 17.0 Å². The van der Waals surface area contributed by atoms with E-state index >= 15 is 0 Å². The van der Waals surface area contributed by atoms with Crippen LogP contribution >= 0.6 is 0 Å². The van der Waals surface area contributed by atoms with Gasteiger partial charge in [-0.2, -0.15) is 0 Å². The maximum absolute atomic E-state index is 12.5. The number of para-hydroxylation sites is 1. The molecular weight excluding hydrogens is 356 g/mol. The highest BCUT2D eigenvalue weighted by molar-refractivity contribution is 5.94. The number of benzene rings is 1. The van der Waals surface area contributed by atoms with Gasteiger partial charge in [-0.3, -0.25) is 4.79 Å². The monoisotopic (exact) mass is 374 g/mol. The predicted molar refractivity (Wildman–Crippen MR) is 106 cm³/mol. The molecule has 0 spiro atoms. The summed E-state index contributed by atoms with van der Waals surface area (Å²) in [6.45, 7) is 1.70. The Morgan fingerprint density at radius 3 is 2.57 bits per heavy atom. The second-order valence-corrected chi connectivity index (χ2v) is 6.90. The van der Waals surface area contributed by atoms with Crippen molar-refractivity contribution in [2.75, 3.05) is 24.6 Å². The molecule has 0 radical (unpaired) electrons. The molecule has 1 fully saturated rings. The molecule has 0 aliphatic carbocycles. The summed E-state index contributed by atoms with van der Waals surface area (Å²) in [6.07, 6.45) is 6.76. The number of rotatable bonds is 4. The Kier molecular flexibility index (Phi) is 3.91. The number of aliphatic hydroxyl groups excluding tert-OH is 1. The van der Waals surface area contributed by atoms with E-state index in [1.165, 1.54) is 6.33 Å². The fraction of sp³-hybridized carbons (Fsp3) is 0.200. The van der Waals surface area contributed by atoms with Gasteiger partial charge in [-0.15, -0.1) is 0 Å². The van der Waals surface area contributed by atoms with Crippen molar-refractivity contribution in [3.8, 4) is 16.8 Å². The van der Waals surface area contributed by atoms with Crippen LogP contribution in [0.2, 0.25) is 0 Å². The summed E-state index contributed by atoms with van der Waals surface area (Å²) in [5.41, 5.74) is 2.79.